The summed E-state index contributed by atoms with van der Waals surface area (Å²) in [5, 5.41) is 8.60. The topological polar surface area (TPSA) is 66.8 Å². The largest absolute Gasteiger partial charge is 0.481 e. The molecule has 1 aromatic rings. The average Bonchev–Trinajstić information content (AvgIpc) is 2.91. The quantitative estimate of drug-likeness (QED) is 0.703. The first-order valence-corrected chi connectivity index (χ1v) is 8.36. The van der Waals surface area contributed by atoms with Crippen molar-refractivity contribution in [3.05, 3.63) is 36.4 Å². The fourth-order valence-electron chi connectivity index (χ4n) is 2.86. The van der Waals surface area contributed by atoms with E-state index in [4.69, 9.17) is 9.84 Å². The Morgan fingerprint density at radius 2 is 2.04 bits per heavy atom. The molecule has 0 saturated carbocycles. The molecule has 130 valence electrons. The van der Waals surface area contributed by atoms with Crippen LogP contribution in [0.3, 0.4) is 0 Å². The molecule has 0 radical (unpaired) electrons. The summed E-state index contributed by atoms with van der Waals surface area (Å²) in [4.78, 5) is 24.5. The Labute approximate surface area is 142 Å². The van der Waals surface area contributed by atoms with Crippen molar-refractivity contribution in [1.29, 1.82) is 0 Å². The number of anilines is 1. The molecule has 5 heteroatoms. The lowest BCUT2D eigenvalue weighted by molar-refractivity contribution is -0.137. The van der Waals surface area contributed by atoms with Gasteiger partial charge in [-0.25, -0.2) is 0 Å². The van der Waals surface area contributed by atoms with E-state index in [1.807, 2.05) is 36.1 Å². The number of hydrogen-bond donors (Lipinski definition) is 1. The maximum Gasteiger partial charge on any atom is 0.303 e. The van der Waals surface area contributed by atoms with E-state index in [0.29, 0.717) is 26.1 Å². The number of rotatable bonds is 9. The van der Waals surface area contributed by atoms with Gasteiger partial charge in [0.25, 0.3) is 0 Å². The first-order valence-electron chi connectivity index (χ1n) is 8.36. The van der Waals surface area contributed by atoms with Crippen LogP contribution < -0.4 is 4.90 Å². The Balaban J connectivity index is 1.87. The van der Waals surface area contributed by atoms with Crippen molar-refractivity contribution in [1.82, 2.24) is 0 Å². The minimum absolute atomic E-state index is 0.0488. The van der Waals surface area contributed by atoms with Crippen LogP contribution in [0.1, 0.15) is 44.6 Å². The third kappa shape index (κ3) is 4.93. The Bertz CT molecular complexity index is 594. The number of nitrogens with zero attached hydrogens (tertiary/aromatic N) is 1. The molecule has 1 amide bonds. The zero-order chi connectivity index (χ0) is 17.5. The van der Waals surface area contributed by atoms with Crippen LogP contribution in [0.2, 0.25) is 0 Å². The molecule has 0 spiro atoms. The van der Waals surface area contributed by atoms with E-state index in [0.717, 1.165) is 29.7 Å². The number of carbonyl (C=O) groups is 2. The number of carboxylic acids is 1. The van der Waals surface area contributed by atoms with E-state index in [1.54, 1.807) is 0 Å². The highest BCUT2D eigenvalue weighted by Gasteiger charge is 2.32. The zero-order valence-corrected chi connectivity index (χ0v) is 14.2. The van der Waals surface area contributed by atoms with Crippen LogP contribution in [0.5, 0.6) is 0 Å². The minimum atomic E-state index is -0.777. The van der Waals surface area contributed by atoms with E-state index in [-0.39, 0.29) is 18.4 Å². The Morgan fingerprint density at radius 3 is 2.67 bits per heavy atom. The lowest BCUT2D eigenvalue weighted by atomic mass is 10.1. The molecule has 2 rings (SSSR count). The van der Waals surface area contributed by atoms with Crippen molar-refractivity contribution in [3.8, 4) is 0 Å². The predicted octanol–water partition coefficient (Wildman–Crippen LogP) is 3.49. The smallest absolute Gasteiger partial charge is 0.303 e. The third-order valence-electron chi connectivity index (χ3n) is 4.20. The van der Waals surface area contributed by atoms with Crippen molar-refractivity contribution in [3.63, 3.8) is 0 Å². The Kier molecular flexibility index (Phi) is 6.55. The monoisotopic (exact) mass is 331 g/mol. The van der Waals surface area contributed by atoms with Crippen LogP contribution in [0.15, 0.2) is 30.8 Å². The number of carboxylic acid groups (broad SMARTS) is 1. The molecule has 0 aromatic heterocycles. The van der Waals surface area contributed by atoms with Crippen LogP contribution in [-0.2, 0) is 14.3 Å². The van der Waals surface area contributed by atoms with Gasteiger partial charge in [-0.15, -0.1) is 0 Å². The first kappa shape index (κ1) is 18.2. The Morgan fingerprint density at radius 1 is 1.33 bits per heavy atom. The summed E-state index contributed by atoms with van der Waals surface area (Å²) in [5.41, 5.74) is 2.95. The van der Waals surface area contributed by atoms with Crippen LogP contribution in [0, 0.1) is 0 Å². The van der Waals surface area contributed by atoms with E-state index in [9.17, 15) is 9.59 Å². The summed E-state index contributed by atoms with van der Waals surface area (Å²) in [6.45, 7) is 6.89. The number of benzene rings is 1. The molecule has 1 aromatic carbocycles. The van der Waals surface area contributed by atoms with Gasteiger partial charge in [-0.1, -0.05) is 24.3 Å². The van der Waals surface area contributed by atoms with Crippen molar-refractivity contribution < 1.29 is 19.4 Å². The summed E-state index contributed by atoms with van der Waals surface area (Å²) < 4.78 is 5.66. The van der Waals surface area contributed by atoms with Gasteiger partial charge in [0.15, 0.2) is 0 Å². The predicted molar refractivity (Wildman–Crippen MR) is 94.0 cm³/mol. The normalized spacial score (nSPS) is 17.3. The average molecular weight is 331 g/mol. The second-order valence-electron chi connectivity index (χ2n) is 6.21. The van der Waals surface area contributed by atoms with Gasteiger partial charge in [-0.2, -0.15) is 0 Å². The number of aliphatic carboxylic acids is 1. The summed E-state index contributed by atoms with van der Waals surface area (Å²) in [5.74, 6) is -0.654. The van der Waals surface area contributed by atoms with Crippen LogP contribution in [0.4, 0.5) is 5.69 Å². The Hall–Kier alpha value is -2.14. The van der Waals surface area contributed by atoms with Crippen LogP contribution >= 0.6 is 0 Å². The molecular formula is C19H25NO4. The van der Waals surface area contributed by atoms with Gasteiger partial charge in [0.1, 0.15) is 0 Å². The number of hydrogen-bond acceptors (Lipinski definition) is 3. The number of ether oxygens (including phenoxy) is 1. The second-order valence-corrected chi connectivity index (χ2v) is 6.21. The number of unbranched alkanes of at least 4 members (excludes halogenated alkanes) is 1. The molecule has 0 bridgehead atoms. The summed E-state index contributed by atoms with van der Waals surface area (Å²) >= 11 is 0. The highest BCUT2D eigenvalue weighted by Crippen LogP contribution is 2.28. The molecule has 0 unspecified atom stereocenters. The maximum absolute atomic E-state index is 12.2. The fraction of sp³-hybridized carbons (Fsp3) is 0.474. The van der Waals surface area contributed by atoms with Crippen molar-refractivity contribution in [2.24, 2.45) is 0 Å². The number of allylic oxidation sites excluding steroid dienone is 1. The van der Waals surface area contributed by atoms with Gasteiger partial charge in [-0.3, -0.25) is 9.59 Å². The zero-order valence-electron chi connectivity index (χ0n) is 14.2. The molecule has 1 aliphatic heterocycles. The minimum Gasteiger partial charge on any atom is -0.481 e. The highest BCUT2D eigenvalue weighted by molar-refractivity contribution is 5.96. The molecule has 0 aliphatic carbocycles. The molecule has 1 N–H and O–H groups in total. The van der Waals surface area contributed by atoms with Crippen molar-refractivity contribution in [2.75, 3.05) is 18.1 Å². The molecule has 1 heterocycles. The van der Waals surface area contributed by atoms with Crippen molar-refractivity contribution >= 4 is 23.1 Å². The molecule has 1 atom stereocenters. The first-order chi connectivity index (χ1) is 11.5. The molecule has 1 saturated heterocycles. The fourth-order valence-corrected chi connectivity index (χ4v) is 2.86. The SMILES string of the molecule is C=C(C)c1ccc(N2C(=O)CC[C@@H]2COCCCCC(=O)O)cc1. The van der Waals surface area contributed by atoms with Crippen molar-refractivity contribution in [2.45, 2.75) is 45.1 Å². The van der Waals surface area contributed by atoms with E-state index in [2.05, 4.69) is 6.58 Å². The van der Waals surface area contributed by atoms with E-state index >= 15 is 0 Å². The molecule has 24 heavy (non-hydrogen) atoms. The standard InChI is InChI=1S/C19H25NO4/c1-14(2)15-6-8-16(9-7-15)20-17(10-11-18(20)21)13-24-12-4-3-5-19(22)23/h6-9,17H,1,3-5,10-13H2,2H3,(H,22,23)/t17-/m1/s1. The molecular weight excluding hydrogens is 306 g/mol. The van der Waals surface area contributed by atoms with Gasteiger partial charge in [-0.05, 0) is 43.9 Å². The highest BCUT2D eigenvalue weighted by atomic mass is 16.5. The lowest BCUT2D eigenvalue weighted by Gasteiger charge is -2.25. The summed E-state index contributed by atoms with van der Waals surface area (Å²) in [7, 11) is 0. The number of amides is 1. The van der Waals surface area contributed by atoms with Gasteiger partial charge >= 0.3 is 5.97 Å². The van der Waals surface area contributed by atoms with Gasteiger partial charge < -0.3 is 14.7 Å². The molecule has 1 fully saturated rings. The van der Waals surface area contributed by atoms with Gasteiger partial charge in [0.05, 0.1) is 12.6 Å². The molecule has 1 aliphatic rings. The second kappa shape index (κ2) is 8.64. The summed E-state index contributed by atoms with van der Waals surface area (Å²) in [6.07, 6.45) is 2.84. The van der Waals surface area contributed by atoms with Crippen LogP contribution in [-0.4, -0.2) is 36.2 Å². The van der Waals surface area contributed by atoms with Gasteiger partial charge in [0, 0.05) is 25.1 Å². The van der Waals surface area contributed by atoms with E-state index < -0.39 is 5.97 Å². The number of carbonyl (C=O) groups excluding carboxylic acids is 1. The van der Waals surface area contributed by atoms with E-state index in [1.165, 1.54) is 0 Å². The third-order valence-corrected chi connectivity index (χ3v) is 4.20. The summed E-state index contributed by atoms with van der Waals surface area (Å²) in [6, 6.07) is 7.91. The maximum atomic E-state index is 12.2. The lowest BCUT2D eigenvalue weighted by Crippen LogP contribution is -2.36. The van der Waals surface area contributed by atoms with Gasteiger partial charge in [0.2, 0.25) is 5.91 Å². The van der Waals surface area contributed by atoms with Crippen LogP contribution in [0.25, 0.3) is 5.57 Å². The molecule has 5 nitrogen and oxygen atoms in total.